The first-order chi connectivity index (χ1) is 13.0. The number of nitrogens with zero attached hydrogens (tertiary/aromatic N) is 3. The second kappa shape index (κ2) is 8.88. The second-order valence-electron chi connectivity index (χ2n) is 5.41. The SMILES string of the molecule is C=CCN1C(=O)C(CC(=O)Nc2cccc(Cl)c2Cl)SC1=Nc1nccs1. The average Bonchev–Trinajstić information content (AvgIpc) is 3.23. The molecule has 6 nitrogen and oxygen atoms in total. The van der Waals surface area contributed by atoms with Crippen molar-refractivity contribution < 1.29 is 9.59 Å². The Balaban J connectivity index is 1.72. The lowest BCUT2D eigenvalue weighted by molar-refractivity contribution is -0.127. The Labute approximate surface area is 174 Å². The smallest absolute Gasteiger partial charge is 0.242 e. The van der Waals surface area contributed by atoms with E-state index in [9.17, 15) is 9.59 Å². The molecule has 2 heterocycles. The van der Waals surface area contributed by atoms with Gasteiger partial charge in [-0.15, -0.1) is 17.9 Å². The summed E-state index contributed by atoms with van der Waals surface area (Å²) in [6.45, 7) is 3.99. The van der Waals surface area contributed by atoms with Crippen LogP contribution in [0, 0.1) is 0 Å². The first-order valence-electron chi connectivity index (χ1n) is 7.80. The maximum Gasteiger partial charge on any atom is 0.242 e. The number of thiazole rings is 1. The summed E-state index contributed by atoms with van der Waals surface area (Å²) in [6.07, 6.45) is 3.24. The van der Waals surface area contributed by atoms with Crippen LogP contribution < -0.4 is 5.32 Å². The van der Waals surface area contributed by atoms with E-state index in [4.69, 9.17) is 23.2 Å². The van der Waals surface area contributed by atoms with E-state index in [0.717, 1.165) is 0 Å². The van der Waals surface area contributed by atoms with Crippen LogP contribution in [0.2, 0.25) is 10.0 Å². The van der Waals surface area contributed by atoms with Gasteiger partial charge < -0.3 is 5.32 Å². The van der Waals surface area contributed by atoms with Crippen molar-refractivity contribution in [3.05, 3.63) is 52.5 Å². The summed E-state index contributed by atoms with van der Waals surface area (Å²) in [5.41, 5.74) is 0.407. The van der Waals surface area contributed by atoms with E-state index in [1.165, 1.54) is 28.0 Å². The number of anilines is 1. The number of carbonyl (C=O) groups excluding carboxylic acids is 2. The maximum atomic E-state index is 12.7. The van der Waals surface area contributed by atoms with E-state index in [1.54, 1.807) is 35.9 Å². The van der Waals surface area contributed by atoms with Gasteiger partial charge >= 0.3 is 0 Å². The third-order valence-electron chi connectivity index (χ3n) is 3.54. The van der Waals surface area contributed by atoms with Crippen LogP contribution in [0.3, 0.4) is 0 Å². The van der Waals surface area contributed by atoms with Crippen molar-refractivity contribution in [2.75, 3.05) is 11.9 Å². The number of rotatable bonds is 6. The molecule has 1 fully saturated rings. The minimum Gasteiger partial charge on any atom is -0.325 e. The molecule has 27 heavy (non-hydrogen) atoms. The zero-order valence-corrected chi connectivity index (χ0v) is 17.0. The lowest BCUT2D eigenvalue weighted by Crippen LogP contribution is -2.33. The van der Waals surface area contributed by atoms with Gasteiger partial charge in [-0.1, -0.05) is 47.1 Å². The number of hydrogen-bond donors (Lipinski definition) is 1. The number of amides is 2. The van der Waals surface area contributed by atoms with Gasteiger partial charge in [-0.05, 0) is 12.1 Å². The van der Waals surface area contributed by atoms with Crippen molar-refractivity contribution in [2.45, 2.75) is 11.7 Å². The predicted molar refractivity (Wildman–Crippen MR) is 112 cm³/mol. The lowest BCUT2D eigenvalue weighted by Gasteiger charge is -2.13. The minimum absolute atomic E-state index is 0.0170. The van der Waals surface area contributed by atoms with Gasteiger partial charge in [0.15, 0.2) is 5.17 Å². The summed E-state index contributed by atoms with van der Waals surface area (Å²) >= 11 is 14.6. The van der Waals surface area contributed by atoms with Crippen molar-refractivity contribution in [1.29, 1.82) is 0 Å². The first-order valence-corrected chi connectivity index (χ1v) is 10.3. The maximum absolute atomic E-state index is 12.7. The van der Waals surface area contributed by atoms with E-state index in [2.05, 4.69) is 21.9 Å². The predicted octanol–water partition coefficient (Wildman–Crippen LogP) is 4.60. The molecule has 2 amide bonds. The summed E-state index contributed by atoms with van der Waals surface area (Å²) in [5.74, 6) is -0.526. The summed E-state index contributed by atoms with van der Waals surface area (Å²) in [6, 6.07) is 4.96. The Bertz CT molecular complexity index is 902. The van der Waals surface area contributed by atoms with Crippen LogP contribution in [0.1, 0.15) is 6.42 Å². The molecule has 1 aliphatic rings. The molecule has 3 rings (SSSR count). The highest BCUT2D eigenvalue weighted by Gasteiger charge is 2.38. The van der Waals surface area contributed by atoms with Crippen LogP contribution in [-0.4, -0.2) is 38.7 Å². The van der Waals surface area contributed by atoms with Gasteiger partial charge in [0.1, 0.15) is 5.25 Å². The number of benzene rings is 1. The molecule has 0 bridgehead atoms. The monoisotopic (exact) mass is 440 g/mol. The van der Waals surface area contributed by atoms with Gasteiger partial charge in [0.25, 0.3) is 0 Å². The van der Waals surface area contributed by atoms with Crippen LogP contribution >= 0.6 is 46.3 Å². The molecule has 1 aromatic carbocycles. The number of carbonyl (C=O) groups is 2. The van der Waals surface area contributed by atoms with Crippen LogP contribution in [0.5, 0.6) is 0 Å². The molecule has 1 unspecified atom stereocenters. The highest BCUT2D eigenvalue weighted by atomic mass is 35.5. The molecule has 0 spiro atoms. The number of nitrogens with one attached hydrogen (secondary N) is 1. The highest BCUT2D eigenvalue weighted by molar-refractivity contribution is 8.15. The minimum atomic E-state index is -0.582. The molecule has 1 N–H and O–H groups in total. The van der Waals surface area contributed by atoms with Gasteiger partial charge in [0.05, 0.1) is 15.7 Å². The zero-order chi connectivity index (χ0) is 19.4. The molecule has 1 aliphatic heterocycles. The van der Waals surface area contributed by atoms with Crippen molar-refractivity contribution in [3.8, 4) is 0 Å². The van der Waals surface area contributed by atoms with Crippen LogP contribution in [0.25, 0.3) is 0 Å². The average molecular weight is 441 g/mol. The van der Waals surface area contributed by atoms with Crippen LogP contribution in [-0.2, 0) is 9.59 Å². The van der Waals surface area contributed by atoms with Gasteiger partial charge in [-0.25, -0.2) is 4.98 Å². The molecule has 10 heteroatoms. The van der Waals surface area contributed by atoms with E-state index < -0.39 is 5.25 Å². The molecular formula is C17H14Cl2N4O2S2. The van der Waals surface area contributed by atoms with Crippen LogP contribution in [0.15, 0.2) is 47.4 Å². The largest absolute Gasteiger partial charge is 0.325 e. The van der Waals surface area contributed by atoms with Gasteiger partial charge in [0, 0.05) is 24.5 Å². The molecular weight excluding hydrogens is 427 g/mol. The first kappa shape index (κ1) is 19.9. The molecule has 140 valence electrons. The van der Waals surface area contributed by atoms with Crippen LogP contribution in [0.4, 0.5) is 10.8 Å². The molecule has 1 atom stereocenters. The summed E-state index contributed by atoms with van der Waals surface area (Å²) in [7, 11) is 0. The van der Waals surface area contributed by atoms with Crippen molar-refractivity contribution >= 4 is 74.1 Å². The topological polar surface area (TPSA) is 74.7 Å². The molecule has 1 aromatic heterocycles. The van der Waals surface area contributed by atoms with Crippen molar-refractivity contribution in [1.82, 2.24) is 9.88 Å². The second-order valence-corrected chi connectivity index (χ2v) is 8.23. The molecule has 0 radical (unpaired) electrons. The number of hydrogen-bond acceptors (Lipinski definition) is 6. The number of aromatic nitrogens is 1. The zero-order valence-electron chi connectivity index (χ0n) is 13.9. The number of amidine groups is 1. The van der Waals surface area contributed by atoms with Crippen molar-refractivity contribution in [2.24, 2.45) is 4.99 Å². The summed E-state index contributed by atoms with van der Waals surface area (Å²) in [4.78, 5) is 35.1. The molecule has 2 aromatic rings. The Hall–Kier alpha value is -1.87. The van der Waals surface area contributed by atoms with E-state index in [0.29, 0.717) is 27.6 Å². The Morgan fingerprint density at radius 3 is 2.96 bits per heavy atom. The van der Waals surface area contributed by atoms with E-state index in [1.807, 2.05) is 0 Å². The lowest BCUT2D eigenvalue weighted by atomic mass is 10.2. The van der Waals surface area contributed by atoms with Gasteiger partial charge in [0.2, 0.25) is 16.9 Å². The third kappa shape index (κ3) is 4.70. The fraction of sp³-hybridized carbons (Fsp3) is 0.176. The summed E-state index contributed by atoms with van der Waals surface area (Å²) in [5, 5.41) is 5.58. The highest BCUT2D eigenvalue weighted by Crippen LogP contribution is 2.33. The number of halogens is 2. The Morgan fingerprint density at radius 2 is 2.26 bits per heavy atom. The number of thioether (sulfide) groups is 1. The van der Waals surface area contributed by atoms with E-state index >= 15 is 0 Å². The quantitative estimate of drug-likeness (QED) is 0.666. The molecule has 0 aliphatic carbocycles. The van der Waals surface area contributed by atoms with E-state index in [-0.39, 0.29) is 23.3 Å². The molecule has 0 saturated carbocycles. The Morgan fingerprint density at radius 1 is 1.44 bits per heavy atom. The fourth-order valence-corrected chi connectivity index (χ4v) is 4.40. The normalized spacial score (nSPS) is 18.1. The third-order valence-corrected chi connectivity index (χ3v) is 6.20. The van der Waals surface area contributed by atoms with Gasteiger partial charge in [-0.3, -0.25) is 14.5 Å². The fourth-order valence-electron chi connectivity index (χ4n) is 2.35. The summed E-state index contributed by atoms with van der Waals surface area (Å²) < 4.78 is 0. The van der Waals surface area contributed by atoms with Gasteiger partial charge in [-0.2, -0.15) is 4.99 Å². The number of aliphatic imine (C=N–C) groups is 1. The standard InChI is InChI=1S/C17H14Cl2N4O2S2/c1-2-7-23-15(25)12(27-17(23)22-16-20-6-8-26-16)9-13(24)21-11-5-3-4-10(18)14(11)19/h2-6,8,12H,1,7,9H2,(H,21,24). The Kier molecular flexibility index (Phi) is 6.54. The molecule has 1 saturated heterocycles. The van der Waals surface area contributed by atoms with Crippen molar-refractivity contribution in [3.63, 3.8) is 0 Å².